The Morgan fingerprint density at radius 3 is 2.67 bits per heavy atom. The van der Waals surface area contributed by atoms with E-state index in [0.29, 0.717) is 58.4 Å². The number of benzene rings is 1. The minimum atomic E-state index is -1.34. The molecular formula is C31H35N3O7S. The maximum atomic E-state index is 14.2. The van der Waals surface area contributed by atoms with Gasteiger partial charge in [0, 0.05) is 18.8 Å². The van der Waals surface area contributed by atoms with Crippen LogP contribution in [0, 0.1) is 6.92 Å². The number of aliphatic carboxylic acids is 1. The van der Waals surface area contributed by atoms with Crippen molar-refractivity contribution < 1.29 is 28.5 Å². The highest BCUT2D eigenvalue weighted by atomic mass is 32.1. The van der Waals surface area contributed by atoms with Crippen molar-refractivity contribution in [1.82, 2.24) is 14.8 Å². The number of thiophene rings is 1. The zero-order chi connectivity index (χ0) is 29.3. The maximum Gasteiger partial charge on any atom is 0.315 e. The Hall–Kier alpha value is -3.54. The molecule has 3 aromatic heterocycles. The Morgan fingerprint density at radius 1 is 1.21 bits per heavy atom. The quantitative estimate of drug-likeness (QED) is 0.262. The van der Waals surface area contributed by atoms with E-state index in [1.807, 2.05) is 31.2 Å². The molecule has 1 saturated heterocycles. The smallest absolute Gasteiger partial charge is 0.315 e. The number of fused-ring (bicyclic) bond motifs is 1. The molecule has 0 spiro atoms. The van der Waals surface area contributed by atoms with Crippen LogP contribution in [0.25, 0.3) is 21.0 Å². The molecule has 1 saturated carbocycles. The molecule has 2 fully saturated rings. The summed E-state index contributed by atoms with van der Waals surface area (Å²) >= 11 is 1.37. The molecule has 2 aliphatic rings. The second kappa shape index (κ2) is 12.0. The Labute approximate surface area is 247 Å². The van der Waals surface area contributed by atoms with E-state index in [0.717, 1.165) is 37.7 Å². The minimum absolute atomic E-state index is 0.0281. The second-order valence-corrected chi connectivity index (χ2v) is 12.1. The van der Waals surface area contributed by atoms with Gasteiger partial charge in [-0.2, -0.15) is 5.10 Å². The van der Waals surface area contributed by atoms with Crippen LogP contribution < -0.4 is 10.2 Å². The van der Waals surface area contributed by atoms with Crippen molar-refractivity contribution in [2.24, 2.45) is 0 Å². The van der Waals surface area contributed by atoms with E-state index in [4.69, 9.17) is 23.7 Å². The number of carboxylic acid groups (broad SMARTS) is 1. The van der Waals surface area contributed by atoms with Crippen LogP contribution in [0.1, 0.15) is 67.9 Å². The van der Waals surface area contributed by atoms with Gasteiger partial charge in [-0.3, -0.25) is 14.3 Å². The molecule has 4 heterocycles. The molecule has 1 N–H and O–H groups in total. The van der Waals surface area contributed by atoms with Gasteiger partial charge < -0.3 is 23.7 Å². The molecule has 0 bridgehead atoms. The average Bonchev–Trinajstić information content (AvgIpc) is 3.67. The molecular weight excluding hydrogens is 558 g/mol. The fourth-order valence-electron chi connectivity index (χ4n) is 6.31. The van der Waals surface area contributed by atoms with E-state index in [9.17, 15) is 14.7 Å². The summed E-state index contributed by atoms with van der Waals surface area (Å²) in [5.41, 5.74) is -0.0309. The summed E-state index contributed by atoms with van der Waals surface area (Å²) in [5, 5.41) is 15.9. The Morgan fingerprint density at radius 2 is 1.98 bits per heavy atom. The molecule has 1 atom stereocenters. The van der Waals surface area contributed by atoms with Crippen molar-refractivity contribution in [3.63, 3.8) is 0 Å². The molecule has 222 valence electrons. The van der Waals surface area contributed by atoms with Crippen LogP contribution in [0.2, 0.25) is 0 Å². The molecule has 11 heteroatoms. The number of methoxy groups -OCH3 is 1. The van der Waals surface area contributed by atoms with Gasteiger partial charge in [-0.15, -0.1) is 11.3 Å². The molecule has 1 unspecified atom stereocenters. The lowest BCUT2D eigenvalue weighted by molar-refractivity contribution is -0.145. The summed E-state index contributed by atoms with van der Waals surface area (Å²) in [7, 11) is 1.63. The van der Waals surface area contributed by atoms with Crippen LogP contribution in [-0.2, 0) is 26.2 Å². The van der Waals surface area contributed by atoms with Crippen molar-refractivity contribution in [3.05, 3.63) is 63.8 Å². The Balaban J connectivity index is 1.55. The van der Waals surface area contributed by atoms with Crippen molar-refractivity contribution >= 4 is 27.5 Å². The summed E-state index contributed by atoms with van der Waals surface area (Å²) < 4.78 is 25.4. The molecule has 1 aromatic carbocycles. The average molecular weight is 594 g/mol. The van der Waals surface area contributed by atoms with Gasteiger partial charge in [0.2, 0.25) is 11.3 Å². The molecule has 1 aliphatic carbocycles. The van der Waals surface area contributed by atoms with E-state index in [1.54, 1.807) is 18.0 Å². The monoisotopic (exact) mass is 593 g/mol. The third-order valence-corrected chi connectivity index (χ3v) is 9.86. The standard InChI is InChI=1S/C31H35N3O7S/c1-19-24-25(35)27(31(30(36)37)12-6-3-7-13-31)33-34(29(24)42-26(19)28-32-14-17-40-28)18-23(41-20-10-15-39-16-11-20)21-8-4-5-9-22(21)38-2/h4-5,8-9,14,17,20,23H,3,6-7,10-13,15-16,18H2,1-2H3,(H,36,37). The van der Waals surface area contributed by atoms with E-state index in [2.05, 4.69) is 4.98 Å². The van der Waals surface area contributed by atoms with Crippen LogP contribution in [-0.4, -0.2) is 52.3 Å². The maximum absolute atomic E-state index is 14.2. The SMILES string of the molecule is COc1ccccc1C(Cn1nc(C2(C(=O)O)CCCCC2)c(=O)c2c(C)c(-c3ncco3)sc21)OC1CCOCC1. The van der Waals surface area contributed by atoms with E-state index < -0.39 is 17.5 Å². The number of rotatable bonds is 9. The van der Waals surface area contributed by atoms with E-state index in [-0.39, 0.29) is 23.8 Å². The zero-order valence-corrected chi connectivity index (χ0v) is 24.7. The van der Waals surface area contributed by atoms with Crippen molar-refractivity contribution in [1.29, 1.82) is 0 Å². The molecule has 10 nitrogen and oxygen atoms in total. The van der Waals surface area contributed by atoms with Crippen molar-refractivity contribution in [2.45, 2.75) is 76.0 Å². The van der Waals surface area contributed by atoms with Gasteiger partial charge in [0.25, 0.3) is 0 Å². The molecule has 6 rings (SSSR count). The van der Waals surface area contributed by atoms with Crippen LogP contribution in [0.3, 0.4) is 0 Å². The lowest BCUT2D eigenvalue weighted by atomic mass is 9.71. The van der Waals surface area contributed by atoms with Gasteiger partial charge in [0.15, 0.2) is 0 Å². The first-order chi connectivity index (χ1) is 20.4. The molecule has 1 aliphatic heterocycles. The fraction of sp³-hybridized carbons (Fsp3) is 0.484. The van der Waals surface area contributed by atoms with Gasteiger partial charge in [-0.05, 0) is 44.2 Å². The molecule has 0 radical (unpaired) electrons. The summed E-state index contributed by atoms with van der Waals surface area (Å²) in [6.45, 7) is 3.36. The van der Waals surface area contributed by atoms with Crippen LogP contribution in [0.15, 0.2) is 45.9 Å². The van der Waals surface area contributed by atoms with E-state index in [1.165, 1.54) is 17.6 Å². The first-order valence-corrected chi connectivity index (χ1v) is 15.3. The number of para-hydroxylation sites is 1. The summed E-state index contributed by atoms with van der Waals surface area (Å²) in [6.07, 6.45) is 7.23. The zero-order valence-electron chi connectivity index (χ0n) is 23.8. The highest BCUT2D eigenvalue weighted by Crippen LogP contribution is 2.42. The Kier molecular flexibility index (Phi) is 8.15. The van der Waals surface area contributed by atoms with Crippen LogP contribution in [0.5, 0.6) is 5.75 Å². The first-order valence-electron chi connectivity index (χ1n) is 14.5. The lowest BCUT2D eigenvalue weighted by Gasteiger charge is -2.33. The first kappa shape index (κ1) is 28.6. The second-order valence-electron chi connectivity index (χ2n) is 11.1. The minimum Gasteiger partial charge on any atom is -0.496 e. The number of aromatic nitrogens is 3. The highest BCUT2D eigenvalue weighted by molar-refractivity contribution is 7.22. The molecule has 4 aromatic rings. The number of ether oxygens (including phenoxy) is 3. The third-order valence-electron chi connectivity index (χ3n) is 8.57. The fourth-order valence-corrected chi connectivity index (χ4v) is 7.51. The normalized spacial score (nSPS) is 18.2. The topological polar surface area (TPSA) is 126 Å². The van der Waals surface area contributed by atoms with Gasteiger partial charge in [0.1, 0.15) is 34.1 Å². The number of carboxylic acids is 1. The highest BCUT2D eigenvalue weighted by Gasteiger charge is 2.46. The van der Waals surface area contributed by atoms with Crippen molar-refractivity contribution in [3.8, 4) is 16.5 Å². The third kappa shape index (κ3) is 5.14. The van der Waals surface area contributed by atoms with Crippen molar-refractivity contribution in [2.75, 3.05) is 20.3 Å². The number of carbonyl (C=O) groups is 1. The van der Waals surface area contributed by atoms with Gasteiger partial charge >= 0.3 is 5.97 Å². The molecule has 0 amide bonds. The summed E-state index contributed by atoms with van der Waals surface area (Å²) in [4.78, 5) is 32.8. The predicted octanol–water partition coefficient (Wildman–Crippen LogP) is 5.65. The predicted molar refractivity (Wildman–Crippen MR) is 157 cm³/mol. The van der Waals surface area contributed by atoms with Crippen LogP contribution in [0.4, 0.5) is 0 Å². The Bertz CT molecular complexity index is 1620. The number of oxazole rings is 1. The number of nitrogens with zero attached hydrogens (tertiary/aromatic N) is 3. The molecule has 42 heavy (non-hydrogen) atoms. The number of hydrogen-bond acceptors (Lipinski definition) is 9. The van der Waals surface area contributed by atoms with Crippen LogP contribution >= 0.6 is 11.3 Å². The summed E-state index contributed by atoms with van der Waals surface area (Å²) in [5.74, 6) is 0.0917. The largest absolute Gasteiger partial charge is 0.496 e. The lowest BCUT2D eigenvalue weighted by Crippen LogP contribution is -2.43. The van der Waals surface area contributed by atoms with Gasteiger partial charge in [-0.25, -0.2) is 4.98 Å². The van der Waals surface area contributed by atoms with Gasteiger partial charge in [0.05, 0.1) is 36.2 Å². The van der Waals surface area contributed by atoms with E-state index >= 15 is 0 Å². The number of aryl methyl sites for hydroxylation is 1. The number of hydrogen-bond donors (Lipinski definition) is 1. The summed E-state index contributed by atoms with van der Waals surface area (Å²) in [6, 6.07) is 7.72. The van der Waals surface area contributed by atoms with Gasteiger partial charge in [-0.1, -0.05) is 37.5 Å².